The Morgan fingerprint density at radius 2 is 2.40 bits per heavy atom. The molecule has 1 aliphatic rings. The molecule has 0 radical (unpaired) electrons. The lowest BCUT2D eigenvalue weighted by molar-refractivity contribution is 0.0626. The summed E-state index contributed by atoms with van der Waals surface area (Å²) < 4.78 is 5.67. The first kappa shape index (κ1) is 14.9. The quantitative estimate of drug-likeness (QED) is 0.848. The maximum atomic E-state index is 11.3. The molecule has 1 aromatic carbocycles. The number of hydrogen-bond acceptors (Lipinski definition) is 3. The van der Waals surface area contributed by atoms with Crippen molar-refractivity contribution in [3.63, 3.8) is 0 Å². The summed E-state index contributed by atoms with van der Waals surface area (Å²) in [6.45, 7) is 5.64. The van der Waals surface area contributed by atoms with Crippen LogP contribution < -0.4 is 4.90 Å². The first-order chi connectivity index (χ1) is 9.61. The summed E-state index contributed by atoms with van der Waals surface area (Å²) in [6, 6.07) is 4.86. The van der Waals surface area contributed by atoms with Gasteiger partial charge in [-0.1, -0.05) is 17.7 Å². The van der Waals surface area contributed by atoms with E-state index in [9.17, 15) is 9.90 Å². The molecule has 1 N–H and O–H groups in total. The molecule has 0 spiro atoms. The summed E-state index contributed by atoms with van der Waals surface area (Å²) in [5.74, 6) is -0.939. The second-order valence-corrected chi connectivity index (χ2v) is 5.24. The zero-order valence-electron chi connectivity index (χ0n) is 11.2. The minimum Gasteiger partial charge on any atom is -0.478 e. The highest BCUT2D eigenvalue weighted by Crippen LogP contribution is 2.28. The van der Waals surface area contributed by atoms with Crippen LogP contribution in [0.4, 0.5) is 5.69 Å². The van der Waals surface area contributed by atoms with Gasteiger partial charge >= 0.3 is 5.97 Å². The van der Waals surface area contributed by atoms with Crippen LogP contribution in [0.25, 0.3) is 0 Å². The lowest BCUT2D eigenvalue weighted by Crippen LogP contribution is -2.40. The average Bonchev–Trinajstić information content (AvgIpc) is 2.45. The van der Waals surface area contributed by atoms with Crippen molar-refractivity contribution in [2.75, 3.05) is 24.6 Å². The molecule has 108 valence electrons. The summed E-state index contributed by atoms with van der Waals surface area (Å²) in [7, 11) is 0. The van der Waals surface area contributed by atoms with E-state index in [1.54, 1.807) is 24.3 Å². The van der Waals surface area contributed by atoms with Gasteiger partial charge in [0.2, 0.25) is 0 Å². The maximum absolute atomic E-state index is 11.3. The Hall–Kier alpha value is -1.52. The van der Waals surface area contributed by atoms with E-state index in [2.05, 4.69) is 6.58 Å². The predicted molar refractivity (Wildman–Crippen MR) is 79.8 cm³/mol. The molecule has 1 aliphatic heterocycles. The van der Waals surface area contributed by atoms with Gasteiger partial charge in [-0.2, -0.15) is 0 Å². The molecule has 1 unspecified atom stereocenters. The third-order valence-electron chi connectivity index (χ3n) is 3.36. The number of hydrogen-bond donors (Lipinski definition) is 1. The van der Waals surface area contributed by atoms with E-state index in [1.165, 1.54) is 0 Å². The fraction of sp³-hybridized carbons (Fsp3) is 0.400. The van der Waals surface area contributed by atoms with Gasteiger partial charge in [-0.25, -0.2) is 4.79 Å². The third-order valence-corrected chi connectivity index (χ3v) is 3.59. The molecular formula is C15H18ClNO3. The number of nitrogens with zero attached hydrogens (tertiary/aromatic N) is 1. The van der Waals surface area contributed by atoms with Crippen molar-refractivity contribution in [3.8, 4) is 0 Å². The molecule has 0 aliphatic carbocycles. The van der Waals surface area contributed by atoms with E-state index in [0.717, 1.165) is 19.4 Å². The van der Waals surface area contributed by atoms with E-state index in [4.69, 9.17) is 16.3 Å². The van der Waals surface area contributed by atoms with E-state index < -0.39 is 5.97 Å². The van der Waals surface area contributed by atoms with Gasteiger partial charge in [0.15, 0.2) is 0 Å². The number of anilines is 1. The Labute approximate surface area is 123 Å². The van der Waals surface area contributed by atoms with Crippen LogP contribution in [-0.2, 0) is 4.74 Å². The van der Waals surface area contributed by atoms with Gasteiger partial charge in [0.25, 0.3) is 0 Å². The Balaban J connectivity index is 2.19. The Morgan fingerprint density at radius 3 is 3.10 bits per heavy atom. The van der Waals surface area contributed by atoms with Crippen molar-refractivity contribution in [1.29, 1.82) is 0 Å². The number of piperidine rings is 1. The van der Waals surface area contributed by atoms with Crippen LogP contribution in [0, 0.1) is 0 Å². The molecule has 20 heavy (non-hydrogen) atoms. The van der Waals surface area contributed by atoms with Crippen LogP contribution in [0.2, 0.25) is 5.02 Å². The molecular weight excluding hydrogens is 278 g/mol. The Kier molecular flexibility index (Phi) is 5.04. The Bertz CT molecular complexity index is 504. The highest BCUT2D eigenvalue weighted by molar-refractivity contribution is 6.31. The number of benzene rings is 1. The maximum Gasteiger partial charge on any atom is 0.337 e. The Morgan fingerprint density at radius 1 is 1.60 bits per heavy atom. The van der Waals surface area contributed by atoms with Crippen molar-refractivity contribution in [1.82, 2.24) is 0 Å². The SMILES string of the molecule is C=CCOC1CCCN(c2cc(Cl)ccc2C(=O)O)C1. The van der Waals surface area contributed by atoms with Crippen molar-refractivity contribution in [2.45, 2.75) is 18.9 Å². The predicted octanol–water partition coefficient (Wildman–Crippen LogP) is 3.21. The minimum absolute atomic E-state index is 0.0994. The first-order valence-corrected chi connectivity index (χ1v) is 7.00. The number of carboxylic acid groups (broad SMARTS) is 1. The second kappa shape index (κ2) is 6.77. The molecule has 1 fully saturated rings. The molecule has 1 heterocycles. The summed E-state index contributed by atoms with van der Waals surface area (Å²) in [6.07, 6.45) is 3.77. The number of aromatic carboxylic acids is 1. The smallest absolute Gasteiger partial charge is 0.337 e. The number of ether oxygens (including phenoxy) is 1. The van der Waals surface area contributed by atoms with E-state index in [1.807, 2.05) is 4.90 Å². The van der Waals surface area contributed by atoms with Crippen LogP contribution >= 0.6 is 11.6 Å². The summed E-state index contributed by atoms with van der Waals surface area (Å²) >= 11 is 6.00. The molecule has 1 aromatic rings. The van der Waals surface area contributed by atoms with E-state index in [0.29, 0.717) is 23.9 Å². The van der Waals surface area contributed by atoms with E-state index >= 15 is 0 Å². The average molecular weight is 296 g/mol. The summed E-state index contributed by atoms with van der Waals surface area (Å²) in [4.78, 5) is 13.3. The molecule has 0 amide bonds. The van der Waals surface area contributed by atoms with Gasteiger partial charge < -0.3 is 14.7 Å². The van der Waals surface area contributed by atoms with Crippen LogP contribution in [0.15, 0.2) is 30.9 Å². The third kappa shape index (κ3) is 3.52. The van der Waals surface area contributed by atoms with Crippen LogP contribution in [-0.4, -0.2) is 36.9 Å². The summed E-state index contributed by atoms with van der Waals surface area (Å²) in [5, 5.41) is 9.82. The van der Waals surface area contributed by atoms with Crippen molar-refractivity contribution < 1.29 is 14.6 Å². The largest absolute Gasteiger partial charge is 0.478 e. The minimum atomic E-state index is -0.939. The van der Waals surface area contributed by atoms with Gasteiger partial charge in [-0.05, 0) is 31.0 Å². The fourth-order valence-electron chi connectivity index (χ4n) is 2.44. The zero-order valence-corrected chi connectivity index (χ0v) is 12.0. The van der Waals surface area contributed by atoms with Crippen LogP contribution in [0.1, 0.15) is 23.2 Å². The van der Waals surface area contributed by atoms with E-state index in [-0.39, 0.29) is 11.7 Å². The van der Waals surface area contributed by atoms with Crippen LogP contribution in [0.5, 0.6) is 0 Å². The molecule has 4 nitrogen and oxygen atoms in total. The normalized spacial score (nSPS) is 18.9. The number of halogens is 1. The van der Waals surface area contributed by atoms with Crippen molar-refractivity contribution >= 4 is 23.3 Å². The molecule has 0 bridgehead atoms. The van der Waals surface area contributed by atoms with Gasteiger partial charge in [0, 0.05) is 18.1 Å². The van der Waals surface area contributed by atoms with Gasteiger partial charge in [-0.3, -0.25) is 0 Å². The standard InChI is InChI=1S/C15H18ClNO3/c1-2-8-20-12-4-3-7-17(10-12)14-9-11(16)5-6-13(14)15(18)19/h2,5-6,9,12H,1,3-4,7-8,10H2,(H,18,19). The molecule has 5 heteroatoms. The molecule has 2 rings (SSSR count). The van der Waals surface area contributed by atoms with Gasteiger partial charge in [-0.15, -0.1) is 6.58 Å². The second-order valence-electron chi connectivity index (χ2n) is 4.80. The van der Waals surface area contributed by atoms with Crippen molar-refractivity contribution in [2.24, 2.45) is 0 Å². The molecule has 1 atom stereocenters. The monoisotopic (exact) mass is 295 g/mol. The van der Waals surface area contributed by atoms with Gasteiger partial charge in [0.05, 0.1) is 24.0 Å². The number of carboxylic acids is 1. The zero-order chi connectivity index (χ0) is 14.5. The highest BCUT2D eigenvalue weighted by Gasteiger charge is 2.24. The van der Waals surface area contributed by atoms with Crippen molar-refractivity contribution in [3.05, 3.63) is 41.4 Å². The molecule has 1 saturated heterocycles. The summed E-state index contributed by atoms with van der Waals surface area (Å²) in [5.41, 5.74) is 0.940. The highest BCUT2D eigenvalue weighted by atomic mass is 35.5. The topological polar surface area (TPSA) is 49.8 Å². The molecule has 0 aromatic heterocycles. The lowest BCUT2D eigenvalue weighted by Gasteiger charge is -2.35. The number of carbonyl (C=O) groups is 1. The molecule has 0 saturated carbocycles. The lowest BCUT2D eigenvalue weighted by atomic mass is 10.0. The first-order valence-electron chi connectivity index (χ1n) is 6.62. The van der Waals surface area contributed by atoms with Gasteiger partial charge in [0.1, 0.15) is 0 Å². The van der Waals surface area contributed by atoms with Crippen LogP contribution in [0.3, 0.4) is 0 Å². The fourth-order valence-corrected chi connectivity index (χ4v) is 2.61. The number of rotatable bonds is 5.